The first-order valence-corrected chi connectivity index (χ1v) is 11.7. The topological polar surface area (TPSA) is 92.7 Å². The molecule has 174 valence electrons. The molecule has 0 atom stereocenters. The molecule has 1 aliphatic rings. The van der Waals surface area contributed by atoms with Crippen molar-refractivity contribution in [3.8, 4) is 17.1 Å². The molecule has 34 heavy (non-hydrogen) atoms. The van der Waals surface area contributed by atoms with Gasteiger partial charge in [-0.2, -0.15) is 5.10 Å². The molecule has 0 bridgehead atoms. The summed E-state index contributed by atoms with van der Waals surface area (Å²) < 4.78 is 6.11. The van der Waals surface area contributed by atoms with E-state index in [1.54, 1.807) is 6.20 Å². The third kappa shape index (κ3) is 5.22. The Hall–Kier alpha value is -3.81. The van der Waals surface area contributed by atoms with Crippen LogP contribution >= 0.6 is 0 Å². The highest BCUT2D eigenvalue weighted by molar-refractivity contribution is 5.57. The lowest BCUT2D eigenvalue weighted by Crippen LogP contribution is -2.38. The first-order chi connectivity index (χ1) is 16.5. The van der Waals surface area contributed by atoms with Crippen LogP contribution in [0, 0.1) is 20.8 Å². The molecule has 1 N–H and O–H groups in total. The number of ether oxygens (including phenoxy) is 1. The molecule has 1 saturated heterocycles. The van der Waals surface area contributed by atoms with E-state index in [-0.39, 0.29) is 6.10 Å². The maximum absolute atomic E-state index is 6.11. The zero-order valence-corrected chi connectivity index (χ0v) is 19.8. The summed E-state index contributed by atoms with van der Waals surface area (Å²) in [7, 11) is 0. The number of aromatic nitrogens is 6. The molecule has 0 amide bonds. The first kappa shape index (κ1) is 22.0. The quantitative estimate of drug-likeness (QED) is 0.465. The number of hydrogen-bond acceptors (Lipinski definition) is 7. The van der Waals surface area contributed by atoms with Crippen LogP contribution in [0.3, 0.4) is 0 Å². The average molecular weight is 456 g/mol. The van der Waals surface area contributed by atoms with E-state index in [2.05, 4.69) is 37.2 Å². The number of aryl methyl sites for hydroxylation is 3. The van der Waals surface area contributed by atoms with E-state index in [1.807, 2.05) is 51.2 Å². The Morgan fingerprint density at radius 1 is 0.912 bits per heavy atom. The van der Waals surface area contributed by atoms with Crippen molar-refractivity contribution in [3.63, 3.8) is 0 Å². The van der Waals surface area contributed by atoms with E-state index < -0.39 is 0 Å². The second kappa shape index (κ2) is 9.59. The molecule has 8 heteroatoms. The third-order valence-electron chi connectivity index (χ3n) is 5.99. The van der Waals surface area contributed by atoms with Crippen molar-refractivity contribution in [2.75, 3.05) is 18.0 Å². The van der Waals surface area contributed by atoms with Gasteiger partial charge in [0.2, 0.25) is 0 Å². The summed E-state index contributed by atoms with van der Waals surface area (Å²) in [4.78, 5) is 20.7. The summed E-state index contributed by atoms with van der Waals surface area (Å²) in [6.07, 6.45) is 6.45. The molecule has 4 aromatic heterocycles. The van der Waals surface area contributed by atoms with Crippen molar-refractivity contribution in [1.29, 1.82) is 0 Å². The van der Waals surface area contributed by atoms with Crippen molar-refractivity contribution >= 4 is 5.82 Å². The number of piperidine rings is 1. The Morgan fingerprint density at radius 3 is 2.44 bits per heavy atom. The highest BCUT2D eigenvalue weighted by atomic mass is 16.5. The summed E-state index contributed by atoms with van der Waals surface area (Å²) in [6, 6.07) is 12.1. The molecular weight excluding hydrogens is 426 g/mol. The molecule has 0 radical (unpaired) electrons. The van der Waals surface area contributed by atoms with Gasteiger partial charge >= 0.3 is 0 Å². The Balaban J connectivity index is 1.22. The van der Waals surface area contributed by atoms with Crippen LogP contribution in [0.4, 0.5) is 5.82 Å². The molecule has 5 heterocycles. The zero-order chi connectivity index (χ0) is 23.5. The summed E-state index contributed by atoms with van der Waals surface area (Å²) in [5.74, 6) is 2.51. The number of nitrogens with zero attached hydrogens (tertiary/aromatic N) is 6. The maximum atomic E-state index is 6.11. The van der Waals surface area contributed by atoms with E-state index >= 15 is 0 Å². The largest absolute Gasteiger partial charge is 0.489 e. The minimum atomic E-state index is 0.206. The van der Waals surface area contributed by atoms with Crippen LogP contribution in [0.25, 0.3) is 11.4 Å². The lowest BCUT2D eigenvalue weighted by atomic mass is 10.1. The molecule has 0 spiro atoms. The van der Waals surface area contributed by atoms with Gasteiger partial charge in [0.05, 0.1) is 17.6 Å². The molecule has 1 aliphatic heterocycles. The summed E-state index contributed by atoms with van der Waals surface area (Å²) in [5, 5.41) is 7.31. The van der Waals surface area contributed by atoms with Crippen molar-refractivity contribution in [2.24, 2.45) is 0 Å². The first-order valence-electron chi connectivity index (χ1n) is 11.7. The molecule has 0 saturated carbocycles. The molecule has 1 fully saturated rings. The summed E-state index contributed by atoms with van der Waals surface area (Å²) in [6.45, 7) is 7.78. The van der Waals surface area contributed by atoms with E-state index in [4.69, 9.17) is 14.7 Å². The fraction of sp³-hybridized carbons (Fsp3) is 0.346. The lowest BCUT2D eigenvalue weighted by Gasteiger charge is -2.32. The third-order valence-corrected chi connectivity index (χ3v) is 5.99. The van der Waals surface area contributed by atoms with Crippen LogP contribution in [-0.2, 0) is 6.42 Å². The molecular formula is C26H29N7O. The smallest absolute Gasteiger partial charge is 0.161 e. The molecule has 0 unspecified atom stereocenters. The molecule has 8 nitrogen and oxygen atoms in total. The van der Waals surface area contributed by atoms with Gasteiger partial charge in [-0.15, -0.1) is 0 Å². The van der Waals surface area contributed by atoms with Gasteiger partial charge in [-0.25, -0.2) is 15.0 Å². The average Bonchev–Trinajstić information content (AvgIpc) is 3.25. The maximum Gasteiger partial charge on any atom is 0.161 e. The Bertz CT molecular complexity index is 1240. The van der Waals surface area contributed by atoms with Gasteiger partial charge in [-0.05, 0) is 57.2 Å². The zero-order valence-electron chi connectivity index (χ0n) is 19.8. The predicted molar refractivity (Wildman–Crippen MR) is 131 cm³/mol. The summed E-state index contributed by atoms with van der Waals surface area (Å²) >= 11 is 0. The summed E-state index contributed by atoms with van der Waals surface area (Å²) in [5.41, 5.74) is 5.81. The number of nitrogens with one attached hydrogen (secondary N) is 1. The van der Waals surface area contributed by atoms with Crippen LogP contribution in [0.2, 0.25) is 0 Å². The minimum absolute atomic E-state index is 0.206. The van der Waals surface area contributed by atoms with Gasteiger partial charge in [-0.1, -0.05) is 0 Å². The highest BCUT2D eigenvalue weighted by Gasteiger charge is 2.22. The second-order valence-corrected chi connectivity index (χ2v) is 8.89. The van der Waals surface area contributed by atoms with Crippen LogP contribution in [0.1, 0.15) is 41.3 Å². The fourth-order valence-corrected chi connectivity index (χ4v) is 4.23. The molecule has 5 rings (SSSR count). The van der Waals surface area contributed by atoms with Gasteiger partial charge in [-0.3, -0.25) is 10.1 Å². The fourth-order valence-electron chi connectivity index (χ4n) is 4.23. The van der Waals surface area contributed by atoms with Crippen molar-refractivity contribution in [1.82, 2.24) is 30.1 Å². The van der Waals surface area contributed by atoms with Crippen LogP contribution in [-0.4, -0.2) is 49.3 Å². The Labute approximate surface area is 199 Å². The monoisotopic (exact) mass is 455 g/mol. The van der Waals surface area contributed by atoms with Crippen molar-refractivity contribution < 1.29 is 4.74 Å². The Kier molecular flexibility index (Phi) is 6.20. The standard InChI is InChI=1S/C26H29N7O/c1-17-4-6-24(16-27-17)34-23-8-10-33(11-9-23)25-7-5-20(15-28-25)26-29-18(2)12-21(30-26)14-22-13-19(3)31-32-22/h4-7,12-13,15-16,23H,8-11,14H2,1-3H3,(H,31,32). The van der Waals surface area contributed by atoms with Crippen molar-refractivity contribution in [2.45, 2.75) is 46.1 Å². The number of rotatable bonds is 6. The van der Waals surface area contributed by atoms with Crippen molar-refractivity contribution in [3.05, 3.63) is 77.3 Å². The van der Waals surface area contributed by atoms with E-state index in [1.165, 1.54) is 0 Å². The highest BCUT2D eigenvalue weighted by Crippen LogP contribution is 2.24. The lowest BCUT2D eigenvalue weighted by molar-refractivity contribution is 0.170. The van der Waals surface area contributed by atoms with Gasteiger partial charge in [0.1, 0.15) is 17.7 Å². The van der Waals surface area contributed by atoms with Crippen LogP contribution in [0.15, 0.2) is 48.8 Å². The molecule has 4 aromatic rings. The number of aromatic amines is 1. The second-order valence-electron chi connectivity index (χ2n) is 8.89. The van der Waals surface area contributed by atoms with Gasteiger partial charge in [0.25, 0.3) is 0 Å². The number of anilines is 1. The predicted octanol–water partition coefficient (Wildman–Crippen LogP) is 4.22. The van der Waals surface area contributed by atoms with E-state index in [0.29, 0.717) is 12.2 Å². The van der Waals surface area contributed by atoms with E-state index in [9.17, 15) is 0 Å². The Morgan fingerprint density at radius 2 is 1.76 bits per heavy atom. The van der Waals surface area contributed by atoms with E-state index in [0.717, 1.165) is 71.5 Å². The molecule has 0 aliphatic carbocycles. The van der Waals surface area contributed by atoms with Crippen LogP contribution in [0.5, 0.6) is 5.75 Å². The SMILES string of the molecule is Cc1ccc(OC2CCN(c3ccc(-c4nc(C)cc(Cc5cc(C)[nH]n5)n4)cn3)CC2)cn1. The normalized spacial score (nSPS) is 14.4. The number of H-pyrrole nitrogens is 1. The van der Waals surface area contributed by atoms with Gasteiger partial charge in [0.15, 0.2) is 5.82 Å². The van der Waals surface area contributed by atoms with Gasteiger partial charge in [0, 0.05) is 61.2 Å². The number of hydrogen-bond donors (Lipinski definition) is 1. The molecule has 0 aromatic carbocycles. The minimum Gasteiger partial charge on any atom is -0.489 e. The van der Waals surface area contributed by atoms with Crippen LogP contribution < -0.4 is 9.64 Å². The van der Waals surface area contributed by atoms with Gasteiger partial charge < -0.3 is 9.64 Å². The number of pyridine rings is 2.